The van der Waals surface area contributed by atoms with E-state index in [1.54, 1.807) is 42.5 Å². The summed E-state index contributed by atoms with van der Waals surface area (Å²) in [5.74, 6) is -1.38. The Balaban J connectivity index is 1.82. The molecule has 0 aliphatic heterocycles. The molecule has 3 aromatic rings. The maximum atomic E-state index is 13.1. The van der Waals surface area contributed by atoms with Gasteiger partial charge in [0.05, 0.1) is 5.56 Å². The number of hydrogen-bond donors (Lipinski definition) is 1. The first-order valence-corrected chi connectivity index (χ1v) is 9.19. The molecule has 142 valence electrons. The highest BCUT2D eigenvalue weighted by atomic mass is 19.1. The fourth-order valence-electron chi connectivity index (χ4n) is 3.27. The average molecular weight is 376 g/mol. The van der Waals surface area contributed by atoms with Gasteiger partial charge >= 0.3 is 5.97 Å². The molecule has 4 heteroatoms. The maximum Gasteiger partial charge on any atom is 0.335 e. The van der Waals surface area contributed by atoms with Crippen molar-refractivity contribution >= 4 is 11.8 Å². The van der Waals surface area contributed by atoms with E-state index in [1.165, 1.54) is 12.1 Å². The smallest absolute Gasteiger partial charge is 0.335 e. The Morgan fingerprint density at radius 2 is 1.54 bits per heavy atom. The zero-order valence-electron chi connectivity index (χ0n) is 15.3. The van der Waals surface area contributed by atoms with Crippen LogP contribution in [-0.2, 0) is 6.42 Å². The van der Waals surface area contributed by atoms with Gasteiger partial charge in [-0.1, -0.05) is 54.6 Å². The molecule has 3 aromatic carbocycles. The fourth-order valence-corrected chi connectivity index (χ4v) is 3.27. The Kier molecular flexibility index (Phi) is 6.33. The summed E-state index contributed by atoms with van der Waals surface area (Å²) in [4.78, 5) is 24.1. The Morgan fingerprint density at radius 1 is 0.857 bits per heavy atom. The van der Waals surface area contributed by atoms with Gasteiger partial charge in [-0.15, -0.1) is 0 Å². The third-order valence-electron chi connectivity index (χ3n) is 4.83. The number of carbonyl (C=O) groups is 2. The van der Waals surface area contributed by atoms with E-state index in [1.807, 2.05) is 24.3 Å². The normalized spacial score (nSPS) is 11.8. The van der Waals surface area contributed by atoms with Gasteiger partial charge < -0.3 is 5.11 Å². The van der Waals surface area contributed by atoms with Crippen molar-refractivity contribution in [3.8, 4) is 0 Å². The summed E-state index contributed by atoms with van der Waals surface area (Å²) in [5.41, 5.74) is 2.65. The molecule has 0 amide bonds. The van der Waals surface area contributed by atoms with Crippen LogP contribution in [0.3, 0.4) is 0 Å². The van der Waals surface area contributed by atoms with Crippen LogP contribution in [0.1, 0.15) is 50.6 Å². The summed E-state index contributed by atoms with van der Waals surface area (Å²) in [6.07, 6.45) is 1.62. The van der Waals surface area contributed by atoms with Crippen LogP contribution in [0.25, 0.3) is 0 Å². The molecular weight excluding hydrogens is 355 g/mol. The van der Waals surface area contributed by atoms with Crippen LogP contribution < -0.4 is 0 Å². The molecule has 28 heavy (non-hydrogen) atoms. The number of Topliss-reactive ketones (excluding diaryl/α,β-unsaturated/α-hetero) is 1. The number of carboxylic acids is 1. The van der Waals surface area contributed by atoms with E-state index in [2.05, 4.69) is 0 Å². The Bertz CT molecular complexity index is 949. The van der Waals surface area contributed by atoms with Crippen LogP contribution in [0.15, 0.2) is 78.9 Å². The van der Waals surface area contributed by atoms with Gasteiger partial charge in [-0.3, -0.25) is 4.79 Å². The summed E-state index contributed by atoms with van der Waals surface area (Å²) >= 11 is 0. The quantitative estimate of drug-likeness (QED) is 0.527. The molecule has 1 atom stereocenters. The van der Waals surface area contributed by atoms with Crippen molar-refractivity contribution in [1.82, 2.24) is 0 Å². The number of aryl methyl sites for hydroxylation is 1. The van der Waals surface area contributed by atoms with Gasteiger partial charge in [-0.25, -0.2) is 9.18 Å². The molecule has 0 saturated heterocycles. The highest BCUT2D eigenvalue weighted by molar-refractivity contribution is 5.96. The minimum absolute atomic E-state index is 0.0189. The van der Waals surface area contributed by atoms with E-state index in [0.29, 0.717) is 18.4 Å². The minimum atomic E-state index is -0.992. The van der Waals surface area contributed by atoms with E-state index >= 15 is 0 Å². The van der Waals surface area contributed by atoms with E-state index in [0.717, 1.165) is 11.1 Å². The molecule has 3 rings (SSSR count). The van der Waals surface area contributed by atoms with Gasteiger partial charge in [0, 0.05) is 12.0 Å². The summed E-state index contributed by atoms with van der Waals surface area (Å²) < 4.78 is 13.1. The summed E-state index contributed by atoms with van der Waals surface area (Å²) in [6, 6.07) is 22.1. The number of hydrogen-bond acceptors (Lipinski definition) is 2. The second kappa shape index (κ2) is 9.09. The average Bonchev–Trinajstić information content (AvgIpc) is 2.73. The molecule has 0 heterocycles. The lowest BCUT2D eigenvalue weighted by Crippen LogP contribution is -2.10. The van der Waals surface area contributed by atoms with Gasteiger partial charge in [0.2, 0.25) is 0 Å². The predicted molar refractivity (Wildman–Crippen MR) is 106 cm³/mol. The third-order valence-corrected chi connectivity index (χ3v) is 4.83. The third kappa shape index (κ3) is 5.13. The van der Waals surface area contributed by atoms with Crippen LogP contribution in [0.4, 0.5) is 4.39 Å². The van der Waals surface area contributed by atoms with Crippen molar-refractivity contribution in [2.75, 3.05) is 0 Å². The van der Waals surface area contributed by atoms with Crippen molar-refractivity contribution in [3.63, 3.8) is 0 Å². The van der Waals surface area contributed by atoms with Crippen LogP contribution in [0.5, 0.6) is 0 Å². The number of carboxylic acid groups (broad SMARTS) is 1. The van der Waals surface area contributed by atoms with Gasteiger partial charge in [-0.2, -0.15) is 0 Å². The second-order valence-corrected chi connectivity index (χ2v) is 6.79. The zero-order chi connectivity index (χ0) is 19.9. The van der Waals surface area contributed by atoms with Gasteiger partial charge in [0.25, 0.3) is 0 Å². The van der Waals surface area contributed by atoms with Crippen molar-refractivity contribution < 1.29 is 19.1 Å². The van der Waals surface area contributed by atoms with E-state index < -0.39 is 5.97 Å². The molecule has 0 fully saturated rings. The lowest BCUT2D eigenvalue weighted by atomic mass is 9.86. The molecule has 0 aliphatic rings. The van der Waals surface area contributed by atoms with E-state index in [9.17, 15) is 19.1 Å². The minimum Gasteiger partial charge on any atom is -0.478 e. The molecule has 0 aliphatic carbocycles. The van der Waals surface area contributed by atoms with Gasteiger partial charge in [-0.05, 0) is 54.2 Å². The SMILES string of the molecule is O=C(O)c1cccc(C(CCc2ccc(F)cc2)CC(=O)c2ccccc2)c1. The van der Waals surface area contributed by atoms with E-state index in [4.69, 9.17) is 0 Å². The first kappa shape index (κ1) is 19.5. The Hall–Kier alpha value is -3.27. The van der Waals surface area contributed by atoms with Crippen molar-refractivity contribution in [2.24, 2.45) is 0 Å². The molecule has 0 saturated carbocycles. The molecule has 0 spiro atoms. The first-order valence-electron chi connectivity index (χ1n) is 9.19. The lowest BCUT2D eigenvalue weighted by molar-refractivity contribution is 0.0696. The fraction of sp³-hybridized carbons (Fsp3) is 0.167. The van der Waals surface area contributed by atoms with Crippen LogP contribution in [-0.4, -0.2) is 16.9 Å². The number of benzene rings is 3. The van der Waals surface area contributed by atoms with Crippen LogP contribution in [0, 0.1) is 5.82 Å². The van der Waals surface area contributed by atoms with Gasteiger partial charge in [0.15, 0.2) is 5.78 Å². The molecule has 3 nitrogen and oxygen atoms in total. The molecule has 1 unspecified atom stereocenters. The topological polar surface area (TPSA) is 54.4 Å². The van der Waals surface area contributed by atoms with Crippen molar-refractivity contribution in [2.45, 2.75) is 25.2 Å². The summed E-state index contributed by atoms with van der Waals surface area (Å²) in [6.45, 7) is 0. The Labute approximate surface area is 163 Å². The first-order chi connectivity index (χ1) is 13.5. The van der Waals surface area contributed by atoms with Crippen LogP contribution in [0.2, 0.25) is 0 Å². The van der Waals surface area contributed by atoms with Crippen molar-refractivity contribution in [1.29, 1.82) is 0 Å². The lowest BCUT2D eigenvalue weighted by Gasteiger charge is -2.18. The highest BCUT2D eigenvalue weighted by Gasteiger charge is 2.19. The monoisotopic (exact) mass is 376 g/mol. The zero-order valence-corrected chi connectivity index (χ0v) is 15.3. The molecule has 0 bridgehead atoms. The number of carbonyl (C=O) groups excluding carboxylic acids is 1. The second-order valence-electron chi connectivity index (χ2n) is 6.79. The molecule has 1 N–H and O–H groups in total. The van der Waals surface area contributed by atoms with Crippen LogP contribution >= 0.6 is 0 Å². The number of aromatic carboxylic acids is 1. The predicted octanol–water partition coefficient (Wildman–Crippen LogP) is 5.51. The van der Waals surface area contributed by atoms with Gasteiger partial charge in [0.1, 0.15) is 5.82 Å². The summed E-state index contributed by atoms with van der Waals surface area (Å²) in [7, 11) is 0. The largest absolute Gasteiger partial charge is 0.478 e. The number of rotatable bonds is 8. The highest BCUT2D eigenvalue weighted by Crippen LogP contribution is 2.28. The molecule has 0 radical (unpaired) electrons. The van der Waals surface area contributed by atoms with Crippen molar-refractivity contribution in [3.05, 3.63) is 107 Å². The number of halogens is 1. The standard InChI is InChI=1S/C24H21FO3/c25-22-13-10-17(11-14-22)9-12-20(16-23(26)18-5-2-1-3-6-18)19-7-4-8-21(15-19)24(27)28/h1-8,10-11,13-15,20H,9,12,16H2,(H,27,28). The molecule has 0 aromatic heterocycles. The number of ketones is 1. The van der Waals surface area contributed by atoms with E-state index in [-0.39, 0.29) is 29.5 Å². The summed E-state index contributed by atoms with van der Waals surface area (Å²) in [5, 5.41) is 9.28. The maximum absolute atomic E-state index is 13.1. The Morgan fingerprint density at radius 3 is 2.21 bits per heavy atom. The molecular formula is C24H21FO3.